The van der Waals surface area contributed by atoms with Crippen LogP contribution in [0.15, 0.2) is 0 Å². The number of hydrogen-bond acceptors (Lipinski definition) is 3. The van der Waals surface area contributed by atoms with E-state index in [1.54, 1.807) is 0 Å². The van der Waals surface area contributed by atoms with Gasteiger partial charge in [-0.1, -0.05) is 13.8 Å². The van der Waals surface area contributed by atoms with Crippen molar-refractivity contribution in [2.24, 2.45) is 5.92 Å². The van der Waals surface area contributed by atoms with E-state index >= 15 is 0 Å². The van der Waals surface area contributed by atoms with Gasteiger partial charge in [-0.05, 0) is 45.7 Å². The fraction of sp³-hybridized carbons (Fsp3) is 1.00. The molecule has 106 valence electrons. The summed E-state index contributed by atoms with van der Waals surface area (Å²) in [5, 5.41) is 3.80. The summed E-state index contributed by atoms with van der Waals surface area (Å²) >= 11 is 0. The standard InChI is InChI=1S/C15H31N3/c1-12(2)9-15(17(3)4)10-16-13-7-8-18(11-13)14-5-6-14/h12-16H,5-11H2,1-4H3. The molecule has 0 spiro atoms. The number of hydrogen-bond donors (Lipinski definition) is 1. The molecule has 2 rings (SSSR count). The predicted molar refractivity (Wildman–Crippen MR) is 77.9 cm³/mol. The first kappa shape index (κ1) is 14.3. The Morgan fingerprint density at radius 2 is 1.94 bits per heavy atom. The molecule has 2 atom stereocenters. The Morgan fingerprint density at radius 3 is 2.50 bits per heavy atom. The van der Waals surface area contributed by atoms with Crippen molar-refractivity contribution in [1.29, 1.82) is 0 Å². The molecule has 1 N–H and O–H groups in total. The summed E-state index contributed by atoms with van der Waals surface area (Å²) in [4.78, 5) is 5.06. The maximum absolute atomic E-state index is 3.80. The summed E-state index contributed by atoms with van der Waals surface area (Å²) in [6.07, 6.45) is 5.53. The second kappa shape index (κ2) is 6.36. The molecule has 0 bridgehead atoms. The molecule has 1 saturated carbocycles. The van der Waals surface area contributed by atoms with Crippen LogP contribution in [0.1, 0.15) is 39.5 Å². The van der Waals surface area contributed by atoms with Gasteiger partial charge < -0.3 is 10.2 Å². The van der Waals surface area contributed by atoms with Gasteiger partial charge in [0.25, 0.3) is 0 Å². The Hall–Kier alpha value is -0.120. The van der Waals surface area contributed by atoms with Gasteiger partial charge in [-0.3, -0.25) is 4.90 Å². The molecule has 3 heteroatoms. The minimum Gasteiger partial charge on any atom is -0.311 e. The van der Waals surface area contributed by atoms with Crippen LogP contribution in [0.4, 0.5) is 0 Å². The number of nitrogens with zero attached hydrogens (tertiary/aromatic N) is 2. The van der Waals surface area contributed by atoms with Gasteiger partial charge in [-0.15, -0.1) is 0 Å². The topological polar surface area (TPSA) is 18.5 Å². The van der Waals surface area contributed by atoms with Gasteiger partial charge in [-0.25, -0.2) is 0 Å². The number of rotatable bonds is 7. The van der Waals surface area contributed by atoms with E-state index in [4.69, 9.17) is 0 Å². The Balaban J connectivity index is 1.69. The SMILES string of the molecule is CC(C)CC(CNC1CCN(C2CC2)C1)N(C)C. The summed E-state index contributed by atoms with van der Waals surface area (Å²) in [7, 11) is 4.42. The average Bonchev–Trinajstić information content (AvgIpc) is 3.04. The van der Waals surface area contributed by atoms with E-state index in [1.165, 1.54) is 38.8 Å². The molecule has 2 fully saturated rings. The Kier molecular flexibility index (Phi) is 5.05. The first-order chi connectivity index (χ1) is 8.56. The molecule has 0 amide bonds. The van der Waals surface area contributed by atoms with E-state index in [2.05, 4.69) is 43.1 Å². The van der Waals surface area contributed by atoms with E-state index < -0.39 is 0 Å². The molecule has 0 radical (unpaired) electrons. The van der Waals surface area contributed by atoms with Crippen molar-refractivity contribution in [3.8, 4) is 0 Å². The van der Waals surface area contributed by atoms with Crippen LogP contribution in [0.3, 0.4) is 0 Å². The van der Waals surface area contributed by atoms with Gasteiger partial charge in [0.2, 0.25) is 0 Å². The maximum atomic E-state index is 3.80. The Labute approximate surface area is 113 Å². The molecule has 18 heavy (non-hydrogen) atoms. The maximum Gasteiger partial charge on any atom is 0.0217 e. The minimum absolute atomic E-state index is 0.681. The van der Waals surface area contributed by atoms with Crippen molar-refractivity contribution in [2.45, 2.75) is 57.7 Å². The molecule has 0 aromatic heterocycles. The van der Waals surface area contributed by atoms with E-state index in [0.29, 0.717) is 6.04 Å². The van der Waals surface area contributed by atoms with Crippen LogP contribution in [-0.4, -0.2) is 61.7 Å². The van der Waals surface area contributed by atoms with Crippen LogP contribution in [-0.2, 0) is 0 Å². The third kappa shape index (κ3) is 4.22. The number of likely N-dealkylation sites (tertiary alicyclic amines) is 1. The molecule has 1 aliphatic carbocycles. The first-order valence-corrected chi connectivity index (χ1v) is 7.70. The van der Waals surface area contributed by atoms with Crippen LogP contribution in [0, 0.1) is 5.92 Å². The lowest BCUT2D eigenvalue weighted by atomic mass is 10.0. The second-order valence-electron chi connectivity index (χ2n) is 6.87. The minimum atomic E-state index is 0.681. The summed E-state index contributed by atoms with van der Waals surface area (Å²) in [5.74, 6) is 0.783. The largest absolute Gasteiger partial charge is 0.311 e. The normalized spacial score (nSPS) is 27.3. The van der Waals surface area contributed by atoms with E-state index in [-0.39, 0.29) is 0 Å². The highest BCUT2D eigenvalue weighted by atomic mass is 15.2. The van der Waals surface area contributed by atoms with Crippen LogP contribution in [0.5, 0.6) is 0 Å². The third-order valence-electron chi connectivity index (χ3n) is 4.40. The smallest absolute Gasteiger partial charge is 0.0217 e. The molecule has 1 saturated heterocycles. The van der Waals surface area contributed by atoms with Crippen molar-refractivity contribution in [2.75, 3.05) is 33.7 Å². The van der Waals surface area contributed by atoms with Crippen LogP contribution in [0.2, 0.25) is 0 Å². The summed E-state index contributed by atoms with van der Waals surface area (Å²) in [6, 6.07) is 2.36. The summed E-state index contributed by atoms with van der Waals surface area (Å²) in [6.45, 7) is 8.39. The molecule has 1 aliphatic heterocycles. The zero-order chi connectivity index (χ0) is 13.1. The highest BCUT2D eigenvalue weighted by Crippen LogP contribution is 2.29. The van der Waals surface area contributed by atoms with Crippen molar-refractivity contribution in [3.05, 3.63) is 0 Å². The van der Waals surface area contributed by atoms with Crippen molar-refractivity contribution in [1.82, 2.24) is 15.1 Å². The van der Waals surface area contributed by atoms with Crippen molar-refractivity contribution < 1.29 is 0 Å². The van der Waals surface area contributed by atoms with Gasteiger partial charge in [0.1, 0.15) is 0 Å². The molecule has 2 aliphatic rings. The Bertz CT molecular complexity index is 248. The van der Waals surface area contributed by atoms with Crippen molar-refractivity contribution >= 4 is 0 Å². The van der Waals surface area contributed by atoms with Gasteiger partial charge in [0, 0.05) is 37.8 Å². The Morgan fingerprint density at radius 1 is 1.22 bits per heavy atom. The zero-order valence-electron chi connectivity index (χ0n) is 12.7. The molecular weight excluding hydrogens is 222 g/mol. The monoisotopic (exact) mass is 253 g/mol. The second-order valence-corrected chi connectivity index (χ2v) is 6.87. The fourth-order valence-corrected chi connectivity index (χ4v) is 3.05. The zero-order valence-corrected chi connectivity index (χ0v) is 12.7. The third-order valence-corrected chi connectivity index (χ3v) is 4.40. The van der Waals surface area contributed by atoms with E-state index in [1.807, 2.05) is 0 Å². The van der Waals surface area contributed by atoms with Gasteiger partial charge >= 0.3 is 0 Å². The molecular formula is C15H31N3. The average molecular weight is 253 g/mol. The molecule has 1 heterocycles. The highest BCUT2D eigenvalue weighted by molar-refractivity contribution is 4.92. The van der Waals surface area contributed by atoms with Gasteiger partial charge in [0.15, 0.2) is 0 Å². The lowest BCUT2D eigenvalue weighted by Gasteiger charge is -2.28. The number of nitrogens with one attached hydrogen (secondary N) is 1. The van der Waals surface area contributed by atoms with Gasteiger partial charge in [-0.2, -0.15) is 0 Å². The van der Waals surface area contributed by atoms with E-state index in [9.17, 15) is 0 Å². The lowest BCUT2D eigenvalue weighted by molar-refractivity contribution is 0.238. The molecule has 3 nitrogen and oxygen atoms in total. The predicted octanol–water partition coefficient (Wildman–Crippen LogP) is 1.79. The quantitative estimate of drug-likeness (QED) is 0.746. The summed E-state index contributed by atoms with van der Waals surface area (Å²) in [5.41, 5.74) is 0. The van der Waals surface area contributed by atoms with Crippen LogP contribution in [0.25, 0.3) is 0 Å². The number of likely N-dealkylation sites (N-methyl/N-ethyl adjacent to an activating group) is 1. The molecule has 0 aromatic rings. The first-order valence-electron chi connectivity index (χ1n) is 7.70. The van der Waals surface area contributed by atoms with Crippen LogP contribution >= 0.6 is 0 Å². The fourth-order valence-electron chi connectivity index (χ4n) is 3.05. The van der Waals surface area contributed by atoms with Gasteiger partial charge in [0.05, 0.1) is 0 Å². The van der Waals surface area contributed by atoms with Crippen molar-refractivity contribution in [3.63, 3.8) is 0 Å². The molecule has 2 unspecified atom stereocenters. The van der Waals surface area contributed by atoms with Crippen LogP contribution < -0.4 is 5.32 Å². The lowest BCUT2D eigenvalue weighted by Crippen LogP contribution is -2.43. The highest BCUT2D eigenvalue weighted by Gasteiger charge is 2.34. The summed E-state index contributed by atoms with van der Waals surface area (Å²) < 4.78 is 0. The molecule has 0 aromatic carbocycles. The van der Waals surface area contributed by atoms with E-state index in [0.717, 1.165) is 24.5 Å².